The summed E-state index contributed by atoms with van der Waals surface area (Å²) in [6.07, 6.45) is -2.91. The molecule has 1 aliphatic rings. The van der Waals surface area contributed by atoms with Crippen molar-refractivity contribution in [1.82, 2.24) is 19.5 Å². The molecule has 0 aromatic carbocycles. The SMILES string of the molecule is CC(=O)OCC1OC(n2cnc3c(Cl)nc(C#N)nc32)C(OC(C)=O)C1OC(C)=O. The highest BCUT2D eigenvalue weighted by Crippen LogP contribution is 2.36. The second-order valence-electron chi connectivity index (χ2n) is 6.29. The van der Waals surface area contributed by atoms with Gasteiger partial charge in [-0.15, -0.1) is 0 Å². The van der Waals surface area contributed by atoms with Crippen molar-refractivity contribution in [3.63, 3.8) is 0 Å². The molecule has 158 valence electrons. The standard InChI is InChI=1S/C17H16ClN5O7/c1-7(24)27-5-10-13(28-8(2)25)14(29-9(3)26)17(30-10)23-6-20-12-15(18)21-11(4-19)22-16(12)23/h6,10,13-14,17H,5H2,1-3H3. The van der Waals surface area contributed by atoms with Crippen LogP contribution in [0.4, 0.5) is 0 Å². The number of nitrogens with zero attached hydrogens (tertiary/aromatic N) is 5. The Morgan fingerprint density at radius 2 is 1.83 bits per heavy atom. The van der Waals surface area contributed by atoms with E-state index >= 15 is 0 Å². The highest BCUT2D eigenvalue weighted by atomic mass is 35.5. The molecule has 12 nitrogen and oxygen atoms in total. The van der Waals surface area contributed by atoms with Crippen molar-refractivity contribution in [1.29, 1.82) is 5.26 Å². The molecule has 0 aliphatic carbocycles. The van der Waals surface area contributed by atoms with Gasteiger partial charge in [-0.2, -0.15) is 10.2 Å². The first kappa shape index (κ1) is 21.4. The minimum Gasteiger partial charge on any atom is -0.463 e. The Bertz CT molecular complexity index is 1050. The molecular weight excluding hydrogens is 422 g/mol. The quantitative estimate of drug-likeness (QED) is 0.368. The smallest absolute Gasteiger partial charge is 0.303 e. The third kappa shape index (κ3) is 4.32. The predicted molar refractivity (Wildman–Crippen MR) is 96.7 cm³/mol. The fraction of sp³-hybridized carbons (Fsp3) is 0.471. The predicted octanol–water partition coefficient (Wildman–Crippen LogP) is 0.675. The molecule has 0 saturated carbocycles. The van der Waals surface area contributed by atoms with Gasteiger partial charge in [-0.1, -0.05) is 11.6 Å². The van der Waals surface area contributed by atoms with Crippen LogP contribution in [-0.4, -0.2) is 62.3 Å². The van der Waals surface area contributed by atoms with E-state index in [4.69, 9.17) is 35.8 Å². The molecule has 4 unspecified atom stereocenters. The molecule has 3 heterocycles. The Hall–Kier alpha value is -3.30. The number of aromatic nitrogens is 4. The molecule has 1 fully saturated rings. The van der Waals surface area contributed by atoms with E-state index in [2.05, 4.69) is 15.0 Å². The van der Waals surface area contributed by atoms with Gasteiger partial charge in [0.25, 0.3) is 0 Å². The van der Waals surface area contributed by atoms with Crippen LogP contribution in [0.2, 0.25) is 5.15 Å². The van der Waals surface area contributed by atoms with Crippen molar-refractivity contribution in [2.45, 2.75) is 45.3 Å². The first-order valence-corrected chi connectivity index (χ1v) is 9.02. The van der Waals surface area contributed by atoms with Crippen molar-refractivity contribution in [2.75, 3.05) is 6.61 Å². The number of nitriles is 1. The van der Waals surface area contributed by atoms with Crippen LogP contribution in [0.3, 0.4) is 0 Å². The number of halogens is 1. The summed E-state index contributed by atoms with van der Waals surface area (Å²) in [6.45, 7) is 3.32. The van der Waals surface area contributed by atoms with Gasteiger partial charge >= 0.3 is 17.9 Å². The lowest BCUT2D eigenvalue weighted by Gasteiger charge is -2.23. The molecule has 30 heavy (non-hydrogen) atoms. The Labute approximate surface area is 174 Å². The maximum Gasteiger partial charge on any atom is 0.303 e. The van der Waals surface area contributed by atoms with E-state index in [0.29, 0.717) is 0 Å². The van der Waals surface area contributed by atoms with Crippen molar-refractivity contribution in [3.8, 4) is 6.07 Å². The Morgan fingerprint density at radius 3 is 2.43 bits per heavy atom. The van der Waals surface area contributed by atoms with E-state index in [9.17, 15) is 14.4 Å². The summed E-state index contributed by atoms with van der Waals surface area (Å²) in [5, 5.41) is 9.07. The molecule has 0 bridgehead atoms. The summed E-state index contributed by atoms with van der Waals surface area (Å²) < 4.78 is 22.9. The van der Waals surface area contributed by atoms with Gasteiger partial charge in [0.15, 0.2) is 29.2 Å². The third-order valence-corrected chi connectivity index (χ3v) is 4.36. The summed E-state index contributed by atoms with van der Waals surface area (Å²) in [4.78, 5) is 46.6. The average molecular weight is 438 g/mol. The van der Waals surface area contributed by atoms with Crippen LogP contribution < -0.4 is 0 Å². The number of ether oxygens (including phenoxy) is 4. The molecule has 0 spiro atoms. The number of hydrogen-bond donors (Lipinski definition) is 0. The van der Waals surface area contributed by atoms with Gasteiger partial charge in [-0.25, -0.2) is 9.97 Å². The lowest BCUT2D eigenvalue weighted by molar-refractivity contribution is -0.166. The summed E-state index contributed by atoms with van der Waals surface area (Å²) in [7, 11) is 0. The Kier molecular flexibility index (Phi) is 6.14. The van der Waals surface area contributed by atoms with Gasteiger partial charge in [0.2, 0.25) is 5.82 Å². The number of imidazole rings is 1. The highest BCUT2D eigenvalue weighted by molar-refractivity contribution is 6.33. The molecule has 1 aliphatic heterocycles. The molecule has 0 N–H and O–H groups in total. The summed E-state index contributed by atoms with van der Waals surface area (Å²) in [6, 6.07) is 1.79. The lowest BCUT2D eigenvalue weighted by atomic mass is 10.1. The fourth-order valence-corrected chi connectivity index (χ4v) is 3.25. The Morgan fingerprint density at radius 1 is 1.17 bits per heavy atom. The largest absolute Gasteiger partial charge is 0.463 e. The van der Waals surface area contributed by atoms with Crippen LogP contribution >= 0.6 is 11.6 Å². The van der Waals surface area contributed by atoms with E-state index in [-0.39, 0.29) is 28.7 Å². The average Bonchev–Trinajstić information content (AvgIpc) is 3.21. The van der Waals surface area contributed by atoms with Gasteiger partial charge in [0.1, 0.15) is 24.3 Å². The molecule has 0 radical (unpaired) electrons. The number of esters is 3. The van der Waals surface area contributed by atoms with Gasteiger partial charge in [0.05, 0.1) is 6.33 Å². The summed E-state index contributed by atoms with van der Waals surface area (Å²) in [5.74, 6) is -2.08. The van der Waals surface area contributed by atoms with Crippen LogP contribution in [0.15, 0.2) is 6.33 Å². The molecule has 2 aromatic heterocycles. The van der Waals surface area contributed by atoms with Crippen molar-refractivity contribution >= 4 is 40.7 Å². The third-order valence-electron chi connectivity index (χ3n) is 4.09. The van der Waals surface area contributed by atoms with E-state index in [1.807, 2.05) is 0 Å². The second kappa shape index (κ2) is 8.60. The number of carbonyl (C=O) groups is 3. The molecule has 13 heteroatoms. The zero-order valence-corrected chi connectivity index (χ0v) is 16.8. The summed E-state index contributed by atoms with van der Waals surface area (Å²) >= 11 is 6.06. The Balaban J connectivity index is 2.07. The monoisotopic (exact) mass is 437 g/mol. The summed E-state index contributed by atoms with van der Waals surface area (Å²) in [5.41, 5.74) is 0.330. The minimum absolute atomic E-state index is 0.0506. The number of fused-ring (bicyclic) bond motifs is 1. The van der Waals surface area contributed by atoms with Crippen LogP contribution in [0.25, 0.3) is 11.2 Å². The molecule has 4 atom stereocenters. The van der Waals surface area contributed by atoms with E-state index in [0.717, 1.165) is 0 Å². The second-order valence-corrected chi connectivity index (χ2v) is 6.65. The zero-order valence-electron chi connectivity index (χ0n) is 16.1. The van der Waals surface area contributed by atoms with Crippen LogP contribution in [0.5, 0.6) is 0 Å². The number of hydrogen-bond acceptors (Lipinski definition) is 11. The van der Waals surface area contributed by atoms with Crippen LogP contribution in [0, 0.1) is 11.3 Å². The molecule has 2 aromatic rings. The van der Waals surface area contributed by atoms with Gasteiger partial charge in [-0.3, -0.25) is 19.0 Å². The van der Waals surface area contributed by atoms with Crippen molar-refractivity contribution in [3.05, 3.63) is 17.3 Å². The first-order valence-electron chi connectivity index (χ1n) is 8.64. The molecule has 3 rings (SSSR count). The van der Waals surface area contributed by atoms with Gasteiger partial charge < -0.3 is 18.9 Å². The van der Waals surface area contributed by atoms with Crippen molar-refractivity contribution < 1.29 is 33.3 Å². The lowest BCUT2D eigenvalue weighted by Crippen LogP contribution is -2.40. The molecule has 0 amide bonds. The number of rotatable bonds is 5. The topological polar surface area (TPSA) is 156 Å². The maximum atomic E-state index is 11.7. The number of carbonyl (C=O) groups excluding carboxylic acids is 3. The fourth-order valence-electron chi connectivity index (χ4n) is 3.04. The molecule has 1 saturated heterocycles. The van der Waals surface area contributed by atoms with Gasteiger partial charge in [-0.05, 0) is 0 Å². The van der Waals surface area contributed by atoms with E-state index in [1.54, 1.807) is 6.07 Å². The first-order chi connectivity index (χ1) is 14.2. The van der Waals surface area contributed by atoms with Gasteiger partial charge in [0, 0.05) is 20.8 Å². The van der Waals surface area contributed by atoms with Crippen LogP contribution in [0.1, 0.15) is 32.8 Å². The van der Waals surface area contributed by atoms with E-state index in [1.165, 1.54) is 31.7 Å². The van der Waals surface area contributed by atoms with E-state index < -0.39 is 42.4 Å². The zero-order chi connectivity index (χ0) is 22.0. The highest BCUT2D eigenvalue weighted by Gasteiger charge is 2.51. The normalized spacial score (nSPS) is 23.0. The van der Waals surface area contributed by atoms with Crippen molar-refractivity contribution in [2.24, 2.45) is 0 Å². The molecular formula is C17H16ClN5O7. The van der Waals surface area contributed by atoms with Crippen LogP contribution in [-0.2, 0) is 33.3 Å². The minimum atomic E-state index is -1.12. The maximum absolute atomic E-state index is 11.7.